The Hall–Kier alpha value is 1.63. The van der Waals surface area contributed by atoms with Crippen LogP contribution in [0, 0.1) is 0 Å². The van der Waals surface area contributed by atoms with Crippen LogP contribution in [0.1, 0.15) is 13.8 Å². The molecule has 16 heteroatoms. The van der Waals surface area contributed by atoms with Crippen LogP contribution in [0.15, 0.2) is 0 Å². The average Bonchev–Trinajstić information content (AvgIpc) is 2.82. The molecule has 0 saturated carbocycles. The SMILES string of the molecule is CO[Si](OC)(OC)C(C)CSC(SSSSC(SCC(C)[Si](OC)(OC)OC)=[N+](C)C)=[N+](C)C. The summed E-state index contributed by atoms with van der Waals surface area (Å²) in [5.74, 6) is 1.71. The molecule has 0 N–H and O–H groups in total. The normalized spacial score (nSPS) is 14.1. The van der Waals surface area contributed by atoms with Crippen LogP contribution < -0.4 is 0 Å². The van der Waals surface area contributed by atoms with Gasteiger partial charge in [0.1, 0.15) is 28.2 Å². The molecule has 8 nitrogen and oxygen atoms in total. The van der Waals surface area contributed by atoms with Crippen LogP contribution >= 0.6 is 64.8 Å². The number of rotatable bonds is 15. The number of hydrogen-bond donors (Lipinski definition) is 0. The van der Waals surface area contributed by atoms with Crippen LogP contribution in [-0.2, 0) is 26.6 Å². The Kier molecular flexibility index (Phi) is 19.7. The Morgan fingerprint density at radius 3 is 1.06 bits per heavy atom. The summed E-state index contributed by atoms with van der Waals surface area (Å²) in [5.41, 5.74) is 0.350. The van der Waals surface area contributed by atoms with Gasteiger partial charge >= 0.3 is 17.6 Å². The predicted molar refractivity (Wildman–Crippen MR) is 162 cm³/mol. The van der Waals surface area contributed by atoms with Gasteiger partial charge in [-0.2, -0.15) is 0 Å². The molecule has 0 aliphatic heterocycles. The van der Waals surface area contributed by atoms with Crippen molar-refractivity contribution in [2.24, 2.45) is 0 Å². The van der Waals surface area contributed by atoms with E-state index in [1.165, 1.54) is 8.75 Å². The van der Waals surface area contributed by atoms with Crippen LogP contribution in [0.4, 0.5) is 0 Å². The molecule has 0 rings (SSSR count). The van der Waals surface area contributed by atoms with Gasteiger partial charge in [0, 0.05) is 86.8 Å². The third-order valence-electron chi connectivity index (χ3n) is 4.80. The van der Waals surface area contributed by atoms with Crippen LogP contribution in [0.25, 0.3) is 0 Å². The molecule has 0 bridgehead atoms. The molecular formula is C18H42N2O6S6Si2+2. The fraction of sp³-hybridized carbons (Fsp3) is 0.889. The fourth-order valence-corrected chi connectivity index (χ4v) is 17.8. The van der Waals surface area contributed by atoms with E-state index in [0.29, 0.717) is 0 Å². The molecule has 0 saturated heterocycles. The van der Waals surface area contributed by atoms with E-state index in [2.05, 4.69) is 51.2 Å². The van der Waals surface area contributed by atoms with E-state index in [4.69, 9.17) is 26.6 Å². The van der Waals surface area contributed by atoms with Crippen molar-refractivity contribution in [2.75, 3.05) is 82.4 Å². The van der Waals surface area contributed by atoms with Crippen LogP contribution in [0.3, 0.4) is 0 Å². The number of hydrogen-bond acceptors (Lipinski definition) is 12. The van der Waals surface area contributed by atoms with Crippen molar-refractivity contribution in [3.8, 4) is 0 Å². The summed E-state index contributed by atoms with van der Waals surface area (Å²) >= 11 is 3.60. The molecule has 202 valence electrons. The van der Waals surface area contributed by atoms with Crippen molar-refractivity contribution >= 4 is 91.1 Å². The van der Waals surface area contributed by atoms with Crippen molar-refractivity contribution in [1.29, 1.82) is 0 Å². The summed E-state index contributed by atoms with van der Waals surface area (Å²) in [4.78, 5) is 0. The quantitative estimate of drug-likeness (QED) is 0.0616. The Morgan fingerprint density at radius 2 is 0.853 bits per heavy atom. The summed E-state index contributed by atoms with van der Waals surface area (Å²) in [7, 11) is 20.0. The number of nitrogens with zero attached hydrogens (tertiary/aromatic N) is 2. The van der Waals surface area contributed by atoms with Crippen LogP contribution in [0.5, 0.6) is 0 Å². The van der Waals surface area contributed by atoms with E-state index >= 15 is 0 Å². The minimum absolute atomic E-state index is 0.175. The van der Waals surface area contributed by atoms with E-state index in [-0.39, 0.29) is 11.1 Å². The summed E-state index contributed by atoms with van der Waals surface area (Å²) in [6.07, 6.45) is 0. The maximum atomic E-state index is 5.63. The summed E-state index contributed by atoms with van der Waals surface area (Å²) in [6, 6.07) is 0. The lowest BCUT2D eigenvalue weighted by Gasteiger charge is -2.29. The molecule has 0 spiro atoms. The third kappa shape index (κ3) is 11.2. The van der Waals surface area contributed by atoms with E-state index in [9.17, 15) is 0 Å². The molecule has 0 aromatic heterocycles. The van der Waals surface area contributed by atoms with Crippen molar-refractivity contribution in [1.82, 2.24) is 0 Å². The van der Waals surface area contributed by atoms with Gasteiger partial charge in [-0.05, 0) is 43.2 Å². The highest BCUT2D eigenvalue weighted by molar-refractivity contribution is 9.30. The third-order valence-corrected chi connectivity index (χ3v) is 22.0. The lowest BCUT2D eigenvalue weighted by molar-refractivity contribution is -0.458. The first-order chi connectivity index (χ1) is 16.0. The minimum Gasteiger partial charge on any atom is -0.377 e. The fourth-order valence-electron chi connectivity index (χ4n) is 2.85. The zero-order valence-corrected chi connectivity index (χ0v) is 29.3. The molecule has 34 heavy (non-hydrogen) atoms. The second-order valence-corrected chi connectivity index (χ2v) is 22.5. The van der Waals surface area contributed by atoms with Crippen molar-refractivity contribution < 1.29 is 35.7 Å². The van der Waals surface area contributed by atoms with Gasteiger partial charge in [0.05, 0.1) is 0 Å². The smallest absolute Gasteiger partial charge is 0.377 e. The maximum Gasteiger partial charge on any atom is 0.503 e. The largest absolute Gasteiger partial charge is 0.503 e. The van der Waals surface area contributed by atoms with Gasteiger partial charge < -0.3 is 26.6 Å². The van der Waals surface area contributed by atoms with Crippen molar-refractivity contribution in [2.45, 2.75) is 24.9 Å². The molecule has 0 radical (unpaired) electrons. The molecule has 0 aromatic rings. The van der Waals surface area contributed by atoms with E-state index < -0.39 is 17.6 Å². The monoisotopic (exact) mass is 630 g/mol. The molecule has 0 aromatic carbocycles. The molecule has 0 heterocycles. The first-order valence-electron chi connectivity index (χ1n) is 10.4. The number of thioether (sulfide) groups is 2. The highest BCUT2D eigenvalue weighted by atomic mass is 33.7. The Labute approximate surface area is 232 Å². The summed E-state index contributed by atoms with van der Waals surface area (Å²) in [6.45, 7) is 4.24. The first kappa shape index (κ1) is 35.6. The molecule has 0 amide bonds. The van der Waals surface area contributed by atoms with Gasteiger partial charge in [0.15, 0.2) is 0 Å². The molecule has 2 unspecified atom stereocenters. The zero-order valence-electron chi connectivity index (χ0n) is 22.4. The maximum absolute atomic E-state index is 5.63. The summed E-state index contributed by atoms with van der Waals surface area (Å²) in [5, 5.41) is 0. The van der Waals surface area contributed by atoms with Gasteiger partial charge in [-0.25, -0.2) is 9.15 Å². The van der Waals surface area contributed by atoms with Gasteiger partial charge in [-0.1, -0.05) is 13.8 Å². The average molecular weight is 631 g/mol. The predicted octanol–water partition coefficient (Wildman–Crippen LogP) is 4.92. The Balaban J connectivity index is 4.81. The molecule has 0 aliphatic rings. The minimum atomic E-state index is -2.64. The lowest BCUT2D eigenvalue weighted by Crippen LogP contribution is -2.47. The van der Waals surface area contributed by atoms with Gasteiger partial charge in [-0.15, -0.1) is 0 Å². The molecular weight excluding hydrogens is 589 g/mol. The van der Waals surface area contributed by atoms with Crippen molar-refractivity contribution in [3.05, 3.63) is 0 Å². The van der Waals surface area contributed by atoms with Gasteiger partial charge in [0.2, 0.25) is 0 Å². The Morgan fingerprint density at radius 1 is 0.588 bits per heavy atom. The van der Waals surface area contributed by atoms with Crippen molar-refractivity contribution in [3.63, 3.8) is 0 Å². The van der Waals surface area contributed by atoms with Gasteiger partial charge in [0.25, 0.3) is 8.75 Å². The highest BCUT2D eigenvalue weighted by Gasteiger charge is 2.45. The standard InChI is InChI=1S/C18H42N2O6S6Si2/c1-15(33(21-7,22-8)23-9)13-27-17(19(3)4)29-31-32-30-18(20(5)6)28-14-16(2)34(24-10,25-11)26-12/h15-16H,13-14H2,1-12H3/q+2. The first-order valence-corrected chi connectivity index (χ1v) is 20.7. The molecule has 0 aliphatic carbocycles. The lowest BCUT2D eigenvalue weighted by atomic mass is 10.6. The van der Waals surface area contributed by atoms with E-state index in [1.807, 2.05) is 0 Å². The molecule has 2 atom stereocenters. The highest BCUT2D eigenvalue weighted by Crippen LogP contribution is 2.47. The van der Waals surface area contributed by atoms with E-state index in [0.717, 1.165) is 11.5 Å². The second-order valence-electron chi connectivity index (χ2n) is 7.48. The van der Waals surface area contributed by atoms with Gasteiger partial charge in [-0.3, -0.25) is 0 Å². The van der Waals surface area contributed by atoms with E-state index in [1.54, 1.807) is 107 Å². The molecule has 0 fully saturated rings. The topological polar surface area (TPSA) is 61.4 Å². The Bertz CT molecular complexity index is 578. The summed E-state index contributed by atoms with van der Waals surface area (Å²) < 4.78 is 40.5. The van der Waals surface area contributed by atoms with Crippen LogP contribution in [0.2, 0.25) is 11.1 Å². The second kappa shape index (κ2) is 18.8. The van der Waals surface area contributed by atoms with Crippen LogP contribution in [-0.4, -0.2) is 118 Å². The zero-order chi connectivity index (χ0) is 26.4.